The number of hydrogen-bond donors (Lipinski definition) is 2. The van der Waals surface area contributed by atoms with Crippen molar-refractivity contribution in [2.75, 3.05) is 6.61 Å². The van der Waals surface area contributed by atoms with Gasteiger partial charge in [0.1, 0.15) is 0 Å². The van der Waals surface area contributed by atoms with Gasteiger partial charge in [0.25, 0.3) is 5.91 Å². The van der Waals surface area contributed by atoms with E-state index in [4.69, 9.17) is 5.73 Å². The predicted octanol–water partition coefficient (Wildman–Crippen LogP) is -0.280. The molecule has 0 bridgehead atoms. The van der Waals surface area contributed by atoms with Crippen LogP contribution < -0.4 is 11.2 Å². The van der Waals surface area contributed by atoms with Gasteiger partial charge in [-0.15, -0.1) is 0 Å². The van der Waals surface area contributed by atoms with Crippen molar-refractivity contribution in [3.8, 4) is 0 Å². The zero-order chi connectivity index (χ0) is 13.1. The summed E-state index contributed by atoms with van der Waals surface area (Å²) < 4.78 is 1.60. The van der Waals surface area contributed by atoms with Gasteiger partial charge in [-0.25, -0.2) is 5.48 Å². The van der Waals surface area contributed by atoms with Crippen molar-refractivity contribution in [1.82, 2.24) is 15.3 Å². The topological polar surface area (TPSA) is 99.2 Å². The number of nitrogens with two attached hydrogens (primary N) is 1. The second kappa shape index (κ2) is 4.84. The maximum absolute atomic E-state index is 11.8. The Morgan fingerprint density at radius 2 is 2.17 bits per heavy atom. The molecule has 2 rings (SSSR count). The van der Waals surface area contributed by atoms with Crippen LogP contribution >= 0.6 is 0 Å². The molecular weight excluding hydrogens is 236 g/mol. The highest BCUT2D eigenvalue weighted by Crippen LogP contribution is 2.16. The Morgan fingerprint density at radius 1 is 1.44 bits per heavy atom. The van der Waals surface area contributed by atoms with E-state index in [2.05, 4.69) is 15.4 Å². The Hall–Kier alpha value is -2.41. The molecule has 0 radical (unpaired) electrons. The zero-order valence-electron chi connectivity index (χ0n) is 9.71. The average Bonchev–Trinajstić information content (AvgIpc) is 2.67. The molecule has 1 aromatic heterocycles. The third-order valence-electron chi connectivity index (χ3n) is 2.35. The molecule has 1 aromatic carbocycles. The molecule has 3 N–H and O–H groups in total. The lowest BCUT2D eigenvalue weighted by atomic mass is 10.2. The van der Waals surface area contributed by atoms with E-state index in [1.807, 2.05) is 18.2 Å². The number of hydroxylamine groups is 1. The number of fused-ring (bicyclic) bond motifs is 1. The maximum Gasteiger partial charge on any atom is 0.295 e. The third-order valence-corrected chi connectivity index (χ3v) is 2.35. The highest BCUT2D eigenvalue weighted by atomic mass is 16.7. The van der Waals surface area contributed by atoms with E-state index in [0.29, 0.717) is 5.39 Å². The minimum absolute atomic E-state index is 0.234. The summed E-state index contributed by atoms with van der Waals surface area (Å²) in [5.41, 5.74) is 8.06. The second-order valence-corrected chi connectivity index (χ2v) is 3.68. The van der Waals surface area contributed by atoms with E-state index in [-0.39, 0.29) is 12.3 Å². The minimum Gasteiger partial charge on any atom is -0.368 e. The zero-order valence-corrected chi connectivity index (χ0v) is 9.71. The predicted molar refractivity (Wildman–Crippen MR) is 63.3 cm³/mol. The number of nitrogens with one attached hydrogen (secondary N) is 1. The summed E-state index contributed by atoms with van der Waals surface area (Å²) in [7, 11) is 1.74. The molecule has 0 atom stereocenters. The Bertz CT molecular complexity index is 605. The molecule has 2 amide bonds. The molecule has 0 aliphatic carbocycles. The molecule has 7 heteroatoms. The molecule has 0 spiro atoms. The van der Waals surface area contributed by atoms with Gasteiger partial charge in [0.2, 0.25) is 5.91 Å². The lowest BCUT2D eigenvalue weighted by Crippen LogP contribution is -2.29. The van der Waals surface area contributed by atoms with Crippen molar-refractivity contribution >= 4 is 22.7 Å². The van der Waals surface area contributed by atoms with Gasteiger partial charge in [-0.3, -0.25) is 19.1 Å². The van der Waals surface area contributed by atoms with Crippen LogP contribution in [0.3, 0.4) is 0 Å². The van der Waals surface area contributed by atoms with Gasteiger partial charge in [0.15, 0.2) is 12.3 Å². The van der Waals surface area contributed by atoms with Gasteiger partial charge < -0.3 is 5.73 Å². The lowest BCUT2D eigenvalue weighted by Gasteiger charge is -2.01. The van der Waals surface area contributed by atoms with Crippen LogP contribution in [0.1, 0.15) is 10.5 Å². The van der Waals surface area contributed by atoms with Crippen LogP contribution in [0.2, 0.25) is 0 Å². The van der Waals surface area contributed by atoms with Gasteiger partial charge in [-0.05, 0) is 6.07 Å². The van der Waals surface area contributed by atoms with Gasteiger partial charge in [0, 0.05) is 12.4 Å². The fourth-order valence-electron chi connectivity index (χ4n) is 1.60. The quantitative estimate of drug-likeness (QED) is 0.727. The van der Waals surface area contributed by atoms with Crippen LogP contribution in [0.15, 0.2) is 24.3 Å². The van der Waals surface area contributed by atoms with Crippen molar-refractivity contribution < 1.29 is 14.4 Å². The van der Waals surface area contributed by atoms with Crippen LogP contribution in [-0.2, 0) is 16.7 Å². The Labute approximate surface area is 102 Å². The summed E-state index contributed by atoms with van der Waals surface area (Å²) in [6, 6.07) is 7.30. The molecule has 0 saturated carbocycles. The fourth-order valence-corrected chi connectivity index (χ4v) is 1.60. The lowest BCUT2D eigenvalue weighted by molar-refractivity contribution is -0.124. The number of carbonyl (C=O) groups is 2. The molecule has 0 fully saturated rings. The minimum atomic E-state index is -0.666. The molecular formula is C11H12N4O3. The van der Waals surface area contributed by atoms with E-state index in [9.17, 15) is 9.59 Å². The number of carbonyl (C=O) groups excluding carboxylic acids is 2. The summed E-state index contributed by atoms with van der Waals surface area (Å²) in [4.78, 5) is 26.9. The van der Waals surface area contributed by atoms with Crippen molar-refractivity contribution in [2.45, 2.75) is 0 Å². The number of aromatic nitrogens is 2. The molecule has 7 nitrogen and oxygen atoms in total. The first kappa shape index (κ1) is 12.1. The molecule has 1 heterocycles. The number of benzene rings is 1. The van der Waals surface area contributed by atoms with Crippen molar-refractivity contribution in [2.24, 2.45) is 12.8 Å². The SMILES string of the molecule is Cn1nc(C(=O)NOCC(N)=O)c2ccccc21. The first-order chi connectivity index (χ1) is 8.59. The number of rotatable bonds is 4. The van der Waals surface area contributed by atoms with Crippen molar-refractivity contribution in [1.29, 1.82) is 0 Å². The van der Waals surface area contributed by atoms with E-state index >= 15 is 0 Å². The van der Waals surface area contributed by atoms with Crippen molar-refractivity contribution in [3.05, 3.63) is 30.0 Å². The molecule has 0 aliphatic heterocycles. The highest BCUT2D eigenvalue weighted by molar-refractivity contribution is 6.04. The third kappa shape index (κ3) is 2.30. The number of nitrogens with zero attached hydrogens (tertiary/aromatic N) is 2. The Kier molecular flexibility index (Phi) is 3.24. The summed E-state index contributed by atoms with van der Waals surface area (Å²) in [5, 5.41) is 4.80. The number of hydrogen-bond acceptors (Lipinski definition) is 4. The first-order valence-corrected chi connectivity index (χ1v) is 5.22. The van der Waals surface area contributed by atoms with Gasteiger partial charge in [-0.1, -0.05) is 18.2 Å². The van der Waals surface area contributed by atoms with Crippen molar-refractivity contribution in [3.63, 3.8) is 0 Å². The molecule has 2 aromatic rings. The largest absolute Gasteiger partial charge is 0.368 e. The summed E-state index contributed by atoms with van der Waals surface area (Å²) in [5.74, 6) is -1.19. The van der Waals surface area contributed by atoms with Crippen LogP contribution in [-0.4, -0.2) is 28.2 Å². The smallest absolute Gasteiger partial charge is 0.295 e. The van der Waals surface area contributed by atoms with E-state index < -0.39 is 11.8 Å². The molecule has 0 aliphatic rings. The number of amides is 2. The van der Waals surface area contributed by atoms with Crippen LogP contribution in [0, 0.1) is 0 Å². The summed E-state index contributed by atoms with van der Waals surface area (Å²) >= 11 is 0. The van der Waals surface area contributed by atoms with Gasteiger partial charge in [-0.2, -0.15) is 5.10 Å². The van der Waals surface area contributed by atoms with Crippen LogP contribution in [0.4, 0.5) is 0 Å². The fraction of sp³-hybridized carbons (Fsp3) is 0.182. The monoisotopic (exact) mass is 248 g/mol. The molecule has 0 unspecified atom stereocenters. The van der Waals surface area contributed by atoms with Gasteiger partial charge >= 0.3 is 0 Å². The molecule has 18 heavy (non-hydrogen) atoms. The van der Waals surface area contributed by atoms with Crippen LogP contribution in [0.5, 0.6) is 0 Å². The number of aryl methyl sites for hydroxylation is 1. The maximum atomic E-state index is 11.8. The van der Waals surface area contributed by atoms with Crippen LogP contribution in [0.25, 0.3) is 10.9 Å². The van der Waals surface area contributed by atoms with Gasteiger partial charge in [0.05, 0.1) is 5.52 Å². The molecule has 0 saturated heterocycles. The number of primary amides is 1. The van der Waals surface area contributed by atoms with E-state index in [1.165, 1.54) is 0 Å². The second-order valence-electron chi connectivity index (χ2n) is 3.68. The summed E-state index contributed by atoms with van der Waals surface area (Å²) in [6.07, 6.45) is 0. The normalized spacial score (nSPS) is 10.5. The molecule has 94 valence electrons. The Morgan fingerprint density at radius 3 is 2.89 bits per heavy atom. The Balaban J connectivity index is 2.20. The highest BCUT2D eigenvalue weighted by Gasteiger charge is 2.15. The first-order valence-electron chi connectivity index (χ1n) is 5.22. The van der Waals surface area contributed by atoms with E-state index in [1.54, 1.807) is 17.8 Å². The average molecular weight is 248 g/mol. The standard InChI is InChI=1S/C11H12N4O3/c1-15-8-5-3-2-4-7(8)10(13-15)11(17)14-18-6-9(12)16/h2-5H,6H2,1H3,(H2,12,16)(H,14,17). The summed E-state index contributed by atoms with van der Waals surface area (Å²) in [6.45, 7) is -0.378. The number of para-hydroxylation sites is 1. The van der Waals surface area contributed by atoms with E-state index in [0.717, 1.165) is 5.52 Å².